The molecule has 1 N–H and O–H groups in total. The highest BCUT2D eigenvalue weighted by Gasteiger charge is 2.33. The van der Waals surface area contributed by atoms with Crippen molar-refractivity contribution in [3.8, 4) is 5.69 Å². The van der Waals surface area contributed by atoms with E-state index in [2.05, 4.69) is 15.2 Å². The highest BCUT2D eigenvalue weighted by molar-refractivity contribution is 5.78. The Morgan fingerprint density at radius 2 is 1.86 bits per heavy atom. The van der Waals surface area contributed by atoms with E-state index in [0.717, 1.165) is 11.6 Å². The van der Waals surface area contributed by atoms with E-state index in [0.29, 0.717) is 11.3 Å². The molecule has 0 saturated heterocycles. The average molecular weight is 384 g/mol. The van der Waals surface area contributed by atoms with Gasteiger partial charge in [0.25, 0.3) is 0 Å². The van der Waals surface area contributed by atoms with Gasteiger partial charge in [-0.05, 0) is 29.8 Å². The third kappa shape index (κ3) is 3.06. The Morgan fingerprint density at radius 1 is 1.11 bits per heavy atom. The van der Waals surface area contributed by atoms with Gasteiger partial charge in [0.15, 0.2) is 5.43 Å². The van der Waals surface area contributed by atoms with E-state index in [4.69, 9.17) is 0 Å². The van der Waals surface area contributed by atoms with Gasteiger partial charge in [-0.3, -0.25) is 9.89 Å². The third-order valence-electron chi connectivity index (χ3n) is 4.69. The second kappa shape index (κ2) is 6.63. The first-order valence-corrected chi connectivity index (χ1v) is 8.54. The number of para-hydroxylation sites is 1. The average Bonchev–Trinajstić information content (AvgIpc) is 3.22. The number of aromatic nitrogens is 4. The molecule has 0 radical (unpaired) electrons. The predicted molar refractivity (Wildman–Crippen MR) is 98.4 cm³/mol. The van der Waals surface area contributed by atoms with Crippen molar-refractivity contribution < 1.29 is 13.2 Å². The summed E-state index contributed by atoms with van der Waals surface area (Å²) >= 11 is 0. The molecule has 0 bridgehead atoms. The number of benzene rings is 1. The number of fused-ring (bicyclic) bond motifs is 1. The maximum Gasteiger partial charge on any atom is 0.433 e. The Kier molecular flexibility index (Phi) is 4.26. The number of hydrogen-bond acceptors (Lipinski definition) is 3. The molecule has 0 amide bonds. The first-order valence-electron chi connectivity index (χ1n) is 8.54. The van der Waals surface area contributed by atoms with Gasteiger partial charge < -0.3 is 4.57 Å². The van der Waals surface area contributed by atoms with Crippen LogP contribution in [0.25, 0.3) is 16.7 Å². The van der Waals surface area contributed by atoms with Crippen molar-refractivity contribution in [1.82, 2.24) is 19.7 Å². The molecule has 4 aromatic rings. The Bertz CT molecular complexity index is 1180. The lowest BCUT2D eigenvalue weighted by molar-refractivity contribution is -0.141. The van der Waals surface area contributed by atoms with Gasteiger partial charge in [0.2, 0.25) is 0 Å². The summed E-state index contributed by atoms with van der Waals surface area (Å²) in [4.78, 5) is 16.8. The van der Waals surface area contributed by atoms with E-state index in [1.165, 1.54) is 10.6 Å². The van der Waals surface area contributed by atoms with Crippen LogP contribution in [-0.2, 0) is 6.18 Å². The van der Waals surface area contributed by atoms with Crippen molar-refractivity contribution in [2.45, 2.75) is 19.0 Å². The maximum absolute atomic E-state index is 13.2. The molecule has 3 heterocycles. The standard InChI is InChI=1S/C20H15F3N4O/c1-12(13-9-24-25-10-13)16-11-27(14-5-3-2-4-6-14)19-15(18(16)28)7-8-17(26-19)20(21,22)23/h2-12H,1H3,(H,24,25). The molecular formula is C20H15F3N4O. The summed E-state index contributed by atoms with van der Waals surface area (Å²) in [7, 11) is 0. The summed E-state index contributed by atoms with van der Waals surface area (Å²) in [6.45, 7) is 1.85. The fourth-order valence-electron chi connectivity index (χ4n) is 3.15. The zero-order chi connectivity index (χ0) is 19.9. The first-order chi connectivity index (χ1) is 13.4. The third-order valence-corrected chi connectivity index (χ3v) is 4.69. The summed E-state index contributed by atoms with van der Waals surface area (Å²) in [5.74, 6) is -0.298. The molecule has 4 rings (SSSR count). The number of halogens is 3. The summed E-state index contributed by atoms with van der Waals surface area (Å²) in [6, 6.07) is 10.9. The quantitative estimate of drug-likeness (QED) is 0.573. The summed E-state index contributed by atoms with van der Waals surface area (Å²) in [5.41, 5.74) is 0.432. The Morgan fingerprint density at radius 3 is 2.50 bits per heavy atom. The number of pyridine rings is 2. The number of nitrogens with one attached hydrogen (secondary N) is 1. The van der Waals surface area contributed by atoms with E-state index in [-0.39, 0.29) is 22.4 Å². The van der Waals surface area contributed by atoms with Crippen molar-refractivity contribution in [2.24, 2.45) is 0 Å². The lowest BCUT2D eigenvalue weighted by atomic mass is 9.95. The number of alkyl halides is 3. The molecular weight excluding hydrogens is 369 g/mol. The minimum absolute atomic E-state index is 0.0332. The highest BCUT2D eigenvalue weighted by atomic mass is 19.4. The number of aromatic amines is 1. The summed E-state index contributed by atoms with van der Waals surface area (Å²) in [5, 5.41) is 6.75. The van der Waals surface area contributed by atoms with Crippen LogP contribution in [0.5, 0.6) is 0 Å². The van der Waals surface area contributed by atoms with Crippen LogP contribution in [0.15, 0.2) is 65.8 Å². The fourth-order valence-corrected chi connectivity index (χ4v) is 3.15. The molecule has 1 atom stereocenters. The number of rotatable bonds is 3. The molecule has 5 nitrogen and oxygen atoms in total. The first kappa shape index (κ1) is 18.0. The van der Waals surface area contributed by atoms with E-state index in [9.17, 15) is 18.0 Å². The van der Waals surface area contributed by atoms with Crippen LogP contribution in [-0.4, -0.2) is 19.7 Å². The fraction of sp³-hybridized carbons (Fsp3) is 0.150. The van der Waals surface area contributed by atoms with Crippen LogP contribution in [0.3, 0.4) is 0 Å². The zero-order valence-corrected chi connectivity index (χ0v) is 14.7. The SMILES string of the molecule is CC(c1cn[nH]c1)c1cn(-c2ccccc2)c2nc(C(F)(F)F)ccc2c1=O. The van der Waals surface area contributed by atoms with Gasteiger partial charge in [0, 0.05) is 29.6 Å². The van der Waals surface area contributed by atoms with Crippen LogP contribution in [0, 0.1) is 0 Å². The smallest absolute Gasteiger partial charge is 0.301 e. The maximum atomic E-state index is 13.2. The van der Waals surface area contributed by atoms with Crippen molar-refractivity contribution in [1.29, 1.82) is 0 Å². The van der Waals surface area contributed by atoms with Crippen molar-refractivity contribution in [3.63, 3.8) is 0 Å². The van der Waals surface area contributed by atoms with E-state index < -0.39 is 11.9 Å². The molecule has 142 valence electrons. The zero-order valence-electron chi connectivity index (χ0n) is 14.7. The molecule has 0 saturated carbocycles. The second-order valence-electron chi connectivity index (χ2n) is 6.44. The van der Waals surface area contributed by atoms with E-state index in [1.807, 2.05) is 6.92 Å². The van der Waals surface area contributed by atoms with Gasteiger partial charge in [-0.25, -0.2) is 4.98 Å². The van der Waals surface area contributed by atoms with Gasteiger partial charge >= 0.3 is 6.18 Å². The van der Waals surface area contributed by atoms with Gasteiger partial charge in [0.1, 0.15) is 11.3 Å². The molecule has 3 aromatic heterocycles. The molecule has 0 spiro atoms. The largest absolute Gasteiger partial charge is 0.433 e. The molecule has 1 aromatic carbocycles. The van der Waals surface area contributed by atoms with Crippen LogP contribution < -0.4 is 5.43 Å². The lowest BCUT2D eigenvalue weighted by Crippen LogP contribution is -2.19. The summed E-state index contributed by atoms with van der Waals surface area (Å²) in [6.07, 6.45) is 0.262. The number of H-pyrrole nitrogens is 1. The van der Waals surface area contributed by atoms with Crippen molar-refractivity contribution >= 4 is 11.0 Å². The van der Waals surface area contributed by atoms with Gasteiger partial charge in [0.05, 0.1) is 11.6 Å². The van der Waals surface area contributed by atoms with Crippen LogP contribution in [0.4, 0.5) is 13.2 Å². The minimum atomic E-state index is -4.60. The molecule has 1 unspecified atom stereocenters. The van der Waals surface area contributed by atoms with E-state index in [1.54, 1.807) is 48.9 Å². The van der Waals surface area contributed by atoms with Crippen LogP contribution in [0.1, 0.15) is 29.7 Å². The molecule has 0 aliphatic rings. The molecule has 8 heteroatoms. The predicted octanol–water partition coefficient (Wildman–Crippen LogP) is 4.28. The lowest BCUT2D eigenvalue weighted by Gasteiger charge is -2.17. The second-order valence-corrected chi connectivity index (χ2v) is 6.44. The van der Waals surface area contributed by atoms with Crippen LogP contribution in [0.2, 0.25) is 0 Å². The van der Waals surface area contributed by atoms with Crippen molar-refractivity contribution in [3.05, 3.63) is 88.1 Å². The van der Waals surface area contributed by atoms with Gasteiger partial charge in [-0.15, -0.1) is 0 Å². The molecule has 0 fully saturated rings. The molecule has 0 aliphatic carbocycles. The van der Waals surface area contributed by atoms with E-state index >= 15 is 0 Å². The normalized spacial score (nSPS) is 13.0. The number of hydrogen-bond donors (Lipinski definition) is 1. The monoisotopic (exact) mass is 384 g/mol. The Balaban J connectivity index is 2.04. The molecule has 28 heavy (non-hydrogen) atoms. The number of nitrogens with zero attached hydrogens (tertiary/aromatic N) is 3. The van der Waals surface area contributed by atoms with Gasteiger partial charge in [-0.1, -0.05) is 25.1 Å². The van der Waals surface area contributed by atoms with Gasteiger partial charge in [-0.2, -0.15) is 18.3 Å². The minimum Gasteiger partial charge on any atom is -0.301 e. The van der Waals surface area contributed by atoms with Crippen LogP contribution >= 0.6 is 0 Å². The highest BCUT2D eigenvalue weighted by Crippen LogP contribution is 2.30. The topological polar surface area (TPSA) is 63.6 Å². The molecule has 0 aliphatic heterocycles. The Labute approximate surface area is 157 Å². The van der Waals surface area contributed by atoms with Crippen molar-refractivity contribution in [2.75, 3.05) is 0 Å². The Hall–Kier alpha value is -3.42. The summed E-state index contributed by atoms with van der Waals surface area (Å²) < 4.78 is 41.1.